The lowest BCUT2D eigenvalue weighted by Gasteiger charge is -2.31. The lowest BCUT2D eigenvalue weighted by molar-refractivity contribution is -0.314. The monoisotopic (exact) mass is 475 g/mol. The molecule has 0 spiro atoms. The third-order valence-electron chi connectivity index (χ3n) is 3.98. The molecule has 25 heavy (non-hydrogen) atoms. The van der Waals surface area contributed by atoms with Crippen LogP contribution in [0.25, 0.3) is 0 Å². The number of hydrazine groups is 1. The van der Waals surface area contributed by atoms with Gasteiger partial charge < -0.3 is 14.6 Å². The Labute approximate surface area is 161 Å². The van der Waals surface area contributed by atoms with Crippen LogP contribution >= 0.6 is 31.9 Å². The van der Waals surface area contributed by atoms with Crippen molar-refractivity contribution in [2.75, 3.05) is 6.61 Å². The Bertz CT molecular complexity index is 668. The van der Waals surface area contributed by atoms with Crippen LogP contribution in [0.15, 0.2) is 27.1 Å². The maximum Gasteiger partial charge on any atom is 0.276 e. The van der Waals surface area contributed by atoms with Crippen molar-refractivity contribution < 1.29 is 24.2 Å². The summed E-state index contributed by atoms with van der Waals surface area (Å²) in [6, 6.07) is 5.23. The average molecular weight is 477 g/mol. The summed E-state index contributed by atoms with van der Waals surface area (Å²) in [5.41, 5.74) is 4.51. The van der Waals surface area contributed by atoms with Crippen molar-refractivity contribution in [1.82, 2.24) is 10.9 Å². The van der Waals surface area contributed by atoms with Gasteiger partial charge in [-0.1, -0.05) is 28.8 Å². The predicted molar refractivity (Wildman–Crippen MR) is 94.1 cm³/mol. The third-order valence-corrected chi connectivity index (χ3v) is 5.10. The van der Waals surface area contributed by atoms with Crippen LogP contribution in [0, 0.1) is 11.8 Å². The van der Waals surface area contributed by atoms with Crippen molar-refractivity contribution in [1.29, 1.82) is 0 Å². The number of aliphatic carboxylic acids is 1. The number of carboxylic acids is 1. The van der Waals surface area contributed by atoms with E-state index in [0.29, 0.717) is 23.1 Å². The molecular weight excluding hydrogens is 460 g/mol. The van der Waals surface area contributed by atoms with E-state index in [4.69, 9.17) is 4.74 Å². The molecule has 0 heterocycles. The van der Waals surface area contributed by atoms with Crippen LogP contribution in [0.1, 0.15) is 25.7 Å². The number of hydrogen-bond donors (Lipinski definition) is 2. The molecule has 0 aromatic heterocycles. The molecule has 0 bridgehead atoms. The van der Waals surface area contributed by atoms with Gasteiger partial charge in [-0.2, -0.15) is 0 Å². The number of benzene rings is 1. The number of rotatable bonds is 5. The molecule has 1 fully saturated rings. The first-order chi connectivity index (χ1) is 11.9. The molecule has 0 radical (unpaired) electrons. The van der Waals surface area contributed by atoms with E-state index in [2.05, 4.69) is 42.7 Å². The molecule has 7 nitrogen and oxygen atoms in total. The summed E-state index contributed by atoms with van der Waals surface area (Å²) in [6.07, 6.45) is 2.40. The van der Waals surface area contributed by atoms with Crippen molar-refractivity contribution in [3.8, 4) is 5.75 Å². The van der Waals surface area contributed by atoms with Gasteiger partial charge in [0.05, 0.1) is 4.47 Å². The molecule has 1 saturated carbocycles. The van der Waals surface area contributed by atoms with Crippen LogP contribution in [-0.2, 0) is 14.4 Å². The van der Waals surface area contributed by atoms with Gasteiger partial charge in [0.15, 0.2) is 6.61 Å². The average Bonchev–Trinajstić information content (AvgIpc) is 2.58. The molecule has 0 unspecified atom stereocenters. The van der Waals surface area contributed by atoms with Gasteiger partial charge in [-0.15, -0.1) is 0 Å². The number of nitrogens with one attached hydrogen (secondary N) is 2. The van der Waals surface area contributed by atoms with Gasteiger partial charge in [-0.25, -0.2) is 0 Å². The van der Waals surface area contributed by atoms with Crippen molar-refractivity contribution in [3.63, 3.8) is 0 Å². The van der Waals surface area contributed by atoms with E-state index in [9.17, 15) is 19.5 Å². The fourth-order valence-corrected chi connectivity index (χ4v) is 3.88. The van der Waals surface area contributed by atoms with Gasteiger partial charge in [-0.05, 0) is 47.0 Å². The van der Waals surface area contributed by atoms with Crippen LogP contribution in [-0.4, -0.2) is 24.4 Å². The SMILES string of the molecule is O=C(COc1ccc(Br)cc1Br)NNC(=O)[C@@H]1CCCC[C@H]1C(=O)[O-]. The summed E-state index contributed by atoms with van der Waals surface area (Å²) in [7, 11) is 0. The standard InChI is InChI=1S/C16H18Br2N2O5/c17-9-5-6-13(12(18)7-9)25-8-14(21)19-20-15(22)10-3-1-2-4-11(10)16(23)24/h5-7,10-11H,1-4,8H2,(H,19,21)(H,20,22)(H,23,24)/p-1/t10-,11-/m1/s1. The highest BCUT2D eigenvalue weighted by Gasteiger charge is 2.31. The van der Waals surface area contributed by atoms with Crippen LogP contribution in [0.4, 0.5) is 0 Å². The van der Waals surface area contributed by atoms with Crippen molar-refractivity contribution >= 4 is 49.6 Å². The predicted octanol–water partition coefficient (Wildman–Crippen LogP) is 1.29. The first-order valence-electron chi connectivity index (χ1n) is 7.76. The first kappa shape index (κ1) is 19.7. The Balaban J connectivity index is 1.80. The van der Waals surface area contributed by atoms with Gasteiger partial charge in [0.2, 0.25) is 5.91 Å². The summed E-state index contributed by atoms with van der Waals surface area (Å²) in [5.74, 6) is -3.33. The van der Waals surface area contributed by atoms with E-state index in [1.54, 1.807) is 18.2 Å². The quantitative estimate of drug-likeness (QED) is 0.622. The number of carbonyl (C=O) groups excluding carboxylic acids is 3. The molecule has 1 aliphatic rings. The number of carbonyl (C=O) groups is 3. The second-order valence-corrected chi connectivity index (χ2v) is 7.49. The lowest BCUT2D eigenvalue weighted by Crippen LogP contribution is -2.50. The Hall–Kier alpha value is -1.61. The van der Waals surface area contributed by atoms with Gasteiger partial charge >= 0.3 is 0 Å². The summed E-state index contributed by atoms with van der Waals surface area (Å²) < 4.78 is 6.89. The van der Waals surface area contributed by atoms with Gasteiger partial charge in [-0.3, -0.25) is 20.4 Å². The molecular formula is C16H17Br2N2O5-. The van der Waals surface area contributed by atoms with Crippen molar-refractivity contribution in [3.05, 3.63) is 27.1 Å². The molecule has 0 saturated heterocycles. The molecule has 136 valence electrons. The zero-order chi connectivity index (χ0) is 18.4. The molecule has 9 heteroatoms. The van der Waals surface area contributed by atoms with E-state index in [0.717, 1.165) is 17.3 Å². The number of halogens is 2. The number of carboxylic acid groups (broad SMARTS) is 1. The summed E-state index contributed by atoms with van der Waals surface area (Å²) in [5, 5.41) is 11.1. The normalized spacial score (nSPS) is 19.8. The summed E-state index contributed by atoms with van der Waals surface area (Å²) in [4.78, 5) is 35.0. The maximum atomic E-state index is 12.1. The van der Waals surface area contributed by atoms with Gasteiger partial charge in [0.25, 0.3) is 5.91 Å². The zero-order valence-electron chi connectivity index (χ0n) is 13.2. The highest BCUT2D eigenvalue weighted by atomic mass is 79.9. The topological polar surface area (TPSA) is 108 Å². The minimum Gasteiger partial charge on any atom is -0.550 e. The Morgan fingerprint density at radius 1 is 1.12 bits per heavy atom. The number of amides is 2. The Kier molecular flexibility index (Phi) is 7.24. The second-order valence-electron chi connectivity index (χ2n) is 5.72. The van der Waals surface area contributed by atoms with Gasteiger partial charge in [0.1, 0.15) is 5.75 Å². The number of hydrogen-bond acceptors (Lipinski definition) is 5. The molecule has 1 aromatic rings. The molecule has 2 rings (SSSR count). The fraction of sp³-hybridized carbons (Fsp3) is 0.438. The largest absolute Gasteiger partial charge is 0.550 e. The minimum absolute atomic E-state index is 0.297. The van der Waals surface area contributed by atoms with E-state index >= 15 is 0 Å². The van der Waals surface area contributed by atoms with Gasteiger partial charge in [0, 0.05) is 22.3 Å². The van der Waals surface area contributed by atoms with E-state index in [-0.39, 0.29) is 6.61 Å². The fourth-order valence-electron chi connectivity index (χ4n) is 2.72. The smallest absolute Gasteiger partial charge is 0.276 e. The van der Waals surface area contributed by atoms with Crippen molar-refractivity contribution in [2.24, 2.45) is 11.8 Å². The van der Waals surface area contributed by atoms with E-state index in [1.165, 1.54) is 0 Å². The first-order valence-corrected chi connectivity index (χ1v) is 9.34. The second kappa shape index (κ2) is 9.19. The zero-order valence-corrected chi connectivity index (χ0v) is 16.4. The molecule has 2 amide bonds. The Morgan fingerprint density at radius 3 is 2.44 bits per heavy atom. The third kappa shape index (κ3) is 5.71. The van der Waals surface area contributed by atoms with Crippen LogP contribution in [0.5, 0.6) is 5.75 Å². The van der Waals surface area contributed by atoms with Crippen LogP contribution < -0.4 is 20.7 Å². The minimum atomic E-state index is -1.23. The maximum absolute atomic E-state index is 12.1. The van der Waals surface area contributed by atoms with Crippen molar-refractivity contribution in [2.45, 2.75) is 25.7 Å². The van der Waals surface area contributed by atoms with Crippen LogP contribution in [0.3, 0.4) is 0 Å². The molecule has 2 atom stereocenters. The highest BCUT2D eigenvalue weighted by Crippen LogP contribution is 2.30. The number of ether oxygens (including phenoxy) is 1. The highest BCUT2D eigenvalue weighted by molar-refractivity contribution is 9.11. The summed E-state index contributed by atoms with van der Waals surface area (Å²) >= 11 is 6.62. The van der Waals surface area contributed by atoms with E-state index in [1.807, 2.05) is 0 Å². The Morgan fingerprint density at radius 2 is 1.80 bits per heavy atom. The van der Waals surface area contributed by atoms with Crippen LogP contribution in [0.2, 0.25) is 0 Å². The molecule has 1 aliphatic carbocycles. The lowest BCUT2D eigenvalue weighted by atomic mass is 9.79. The summed E-state index contributed by atoms with van der Waals surface area (Å²) in [6.45, 7) is -0.297. The molecule has 0 aliphatic heterocycles. The van der Waals surface area contributed by atoms with E-state index < -0.39 is 29.6 Å². The molecule has 1 aromatic carbocycles. The molecule has 2 N–H and O–H groups in total.